The molecule has 9 heteroatoms. The van der Waals surface area contributed by atoms with Crippen LogP contribution in [0.1, 0.15) is 33.6 Å². The van der Waals surface area contributed by atoms with Gasteiger partial charge in [0.15, 0.2) is 0 Å². The number of anilines is 1. The molecule has 164 valence electrons. The molecule has 2 aromatic carbocycles. The zero-order chi connectivity index (χ0) is 21.8. The van der Waals surface area contributed by atoms with Crippen LogP contribution in [0.3, 0.4) is 0 Å². The molecule has 2 aliphatic heterocycles. The van der Waals surface area contributed by atoms with Gasteiger partial charge >= 0.3 is 0 Å². The molecular formula is C22H25N3O5S. The number of sulfonamides is 1. The number of amides is 2. The van der Waals surface area contributed by atoms with Crippen LogP contribution in [-0.2, 0) is 14.8 Å². The van der Waals surface area contributed by atoms with E-state index in [1.807, 2.05) is 0 Å². The topological polar surface area (TPSA) is 96.0 Å². The van der Waals surface area contributed by atoms with Crippen LogP contribution in [0.2, 0.25) is 0 Å². The third-order valence-corrected chi connectivity index (χ3v) is 7.44. The van der Waals surface area contributed by atoms with Crippen molar-refractivity contribution in [2.24, 2.45) is 0 Å². The van der Waals surface area contributed by atoms with Crippen molar-refractivity contribution in [3.63, 3.8) is 0 Å². The molecule has 2 aliphatic rings. The fourth-order valence-electron chi connectivity index (χ4n) is 3.78. The smallest absolute Gasteiger partial charge is 0.255 e. The second-order valence-electron chi connectivity index (χ2n) is 7.54. The van der Waals surface area contributed by atoms with E-state index >= 15 is 0 Å². The number of ether oxygens (including phenoxy) is 1. The first-order chi connectivity index (χ1) is 15.0. The van der Waals surface area contributed by atoms with Crippen molar-refractivity contribution >= 4 is 27.5 Å². The van der Waals surface area contributed by atoms with Gasteiger partial charge in [-0.2, -0.15) is 4.31 Å². The fourth-order valence-corrected chi connectivity index (χ4v) is 5.19. The fraction of sp³-hybridized carbons (Fsp3) is 0.364. The molecule has 0 aliphatic carbocycles. The van der Waals surface area contributed by atoms with Gasteiger partial charge in [-0.1, -0.05) is 12.1 Å². The number of nitrogens with zero attached hydrogens (tertiary/aromatic N) is 2. The van der Waals surface area contributed by atoms with Gasteiger partial charge in [0.2, 0.25) is 10.0 Å². The van der Waals surface area contributed by atoms with E-state index in [4.69, 9.17) is 4.74 Å². The van der Waals surface area contributed by atoms with Crippen molar-refractivity contribution in [3.05, 3.63) is 59.7 Å². The maximum Gasteiger partial charge on any atom is 0.255 e. The number of para-hydroxylation sites is 1. The summed E-state index contributed by atoms with van der Waals surface area (Å²) in [4.78, 5) is 27.5. The van der Waals surface area contributed by atoms with Gasteiger partial charge < -0.3 is 15.0 Å². The SMILES string of the molecule is O=C(Nc1ccccc1C(=O)N1CCCC1)c1ccc(S(=O)(=O)N2CCOCC2)cc1. The van der Waals surface area contributed by atoms with Crippen molar-refractivity contribution in [3.8, 4) is 0 Å². The first-order valence-corrected chi connectivity index (χ1v) is 11.8. The summed E-state index contributed by atoms with van der Waals surface area (Å²) in [5.41, 5.74) is 1.20. The predicted molar refractivity (Wildman–Crippen MR) is 116 cm³/mol. The Hall–Kier alpha value is -2.75. The van der Waals surface area contributed by atoms with Gasteiger partial charge in [-0.25, -0.2) is 8.42 Å². The summed E-state index contributed by atoms with van der Waals surface area (Å²) in [5.74, 6) is -0.502. The van der Waals surface area contributed by atoms with Crippen LogP contribution < -0.4 is 5.32 Å². The van der Waals surface area contributed by atoms with Gasteiger partial charge in [-0.05, 0) is 49.2 Å². The Bertz CT molecular complexity index is 1060. The number of nitrogens with one attached hydrogen (secondary N) is 1. The maximum atomic E-state index is 12.8. The molecule has 4 rings (SSSR count). The Balaban J connectivity index is 1.49. The summed E-state index contributed by atoms with van der Waals surface area (Å²) in [7, 11) is -3.62. The number of hydrogen-bond acceptors (Lipinski definition) is 5. The van der Waals surface area contributed by atoms with Crippen LogP contribution in [0.15, 0.2) is 53.4 Å². The van der Waals surface area contributed by atoms with Crippen LogP contribution in [0.5, 0.6) is 0 Å². The third-order valence-electron chi connectivity index (χ3n) is 5.52. The molecule has 2 aromatic rings. The van der Waals surface area contributed by atoms with E-state index in [0.29, 0.717) is 43.1 Å². The van der Waals surface area contributed by atoms with Crippen LogP contribution in [0, 0.1) is 0 Å². The first kappa shape index (κ1) is 21.5. The van der Waals surface area contributed by atoms with Gasteiger partial charge in [0.05, 0.1) is 29.4 Å². The lowest BCUT2D eigenvalue weighted by Crippen LogP contribution is -2.40. The zero-order valence-electron chi connectivity index (χ0n) is 17.1. The average Bonchev–Trinajstić information content (AvgIpc) is 3.35. The van der Waals surface area contributed by atoms with Crippen molar-refractivity contribution < 1.29 is 22.7 Å². The number of carbonyl (C=O) groups is 2. The number of likely N-dealkylation sites (tertiary alicyclic amines) is 1. The van der Waals surface area contributed by atoms with Crippen molar-refractivity contribution in [1.82, 2.24) is 9.21 Å². The lowest BCUT2D eigenvalue weighted by molar-refractivity contribution is 0.0730. The van der Waals surface area contributed by atoms with E-state index in [9.17, 15) is 18.0 Å². The normalized spacial score (nSPS) is 17.5. The summed E-state index contributed by atoms with van der Waals surface area (Å²) in [5, 5.41) is 2.79. The molecule has 0 aromatic heterocycles. The minimum atomic E-state index is -3.62. The second-order valence-corrected chi connectivity index (χ2v) is 9.48. The number of hydrogen-bond donors (Lipinski definition) is 1. The Morgan fingerprint density at radius 2 is 1.52 bits per heavy atom. The highest BCUT2D eigenvalue weighted by atomic mass is 32.2. The average molecular weight is 444 g/mol. The molecule has 0 spiro atoms. The highest BCUT2D eigenvalue weighted by molar-refractivity contribution is 7.89. The van der Waals surface area contributed by atoms with E-state index in [1.165, 1.54) is 28.6 Å². The molecule has 0 unspecified atom stereocenters. The Kier molecular flexibility index (Phi) is 6.35. The summed E-state index contributed by atoms with van der Waals surface area (Å²) in [6, 6.07) is 12.7. The molecule has 2 saturated heterocycles. The Labute approximate surface area is 181 Å². The molecule has 2 heterocycles. The van der Waals surface area contributed by atoms with Gasteiger partial charge in [-0.15, -0.1) is 0 Å². The molecule has 2 fully saturated rings. The van der Waals surface area contributed by atoms with Crippen LogP contribution >= 0.6 is 0 Å². The number of carbonyl (C=O) groups excluding carboxylic acids is 2. The standard InChI is InChI=1S/C22H25N3O5S/c26-21(23-20-6-2-1-5-19(20)22(27)24-11-3-4-12-24)17-7-9-18(10-8-17)31(28,29)25-13-15-30-16-14-25/h1-2,5-10H,3-4,11-16H2,(H,23,26). The minimum Gasteiger partial charge on any atom is -0.379 e. The number of morpholine rings is 1. The van der Waals surface area contributed by atoms with Crippen molar-refractivity contribution in [2.45, 2.75) is 17.7 Å². The first-order valence-electron chi connectivity index (χ1n) is 10.3. The molecule has 0 atom stereocenters. The van der Waals surface area contributed by atoms with Crippen molar-refractivity contribution in [1.29, 1.82) is 0 Å². The summed E-state index contributed by atoms with van der Waals surface area (Å²) in [6.45, 7) is 2.81. The van der Waals surface area contributed by atoms with E-state index in [-0.39, 0.29) is 10.8 Å². The van der Waals surface area contributed by atoms with E-state index in [0.717, 1.165) is 25.9 Å². The zero-order valence-corrected chi connectivity index (χ0v) is 17.9. The van der Waals surface area contributed by atoms with Gasteiger partial charge in [0.1, 0.15) is 0 Å². The van der Waals surface area contributed by atoms with Crippen LogP contribution in [0.25, 0.3) is 0 Å². The maximum absolute atomic E-state index is 12.8. The Morgan fingerprint density at radius 1 is 0.871 bits per heavy atom. The lowest BCUT2D eigenvalue weighted by atomic mass is 10.1. The highest BCUT2D eigenvalue weighted by Gasteiger charge is 2.27. The molecule has 0 radical (unpaired) electrons. The van der Waals surface area contributed by atoms with Gasteiger partial charge in [-0.3, -0.25) is 9.59 Å². The van der Waals surface area contributed by atoms with Crippen LogP contribution in [-0.4, -0.2) is 68.8 Å². The monoisotopic (exact) mass is 443 g/mol. The summed E-state index contributed by atoms with van der Waals surface area (Å²) >= 11 is 0. The quantitative estimate of drug-likeness (QED) is 0.764. The largest absolute Gasteiger partial charge is 0.379 e. The molecule has 8 nitrogen and oxygen atoms in total. The highest BCUT2D eigenvalue weighted by Crippen LogP contribution is 2.22. The molecule has 2 amide bonds. The lowest BCUT2D eigenvalue weighted by Gasteiger charge is -2.26. The minimum absolute atomic E-state index is 0.0969. The number of rotatable bonds is 5. The molecule has 1 N–H and O–H groups in total. The van der Waals surface area contributed by atoms with E-state index in [1.54, 1.807) is 29.2 Å². The number of benzene rings is 2. The van der Waals surface area contributed by atoms with Gasteiger partial charge in [0.25, 0.3) is 11.8 Å². The second kappa shape index (κ2) is 9.17. The Morgan fingerprint density at radius 3 is 2.19 bits per heavy atom. The third kappa shape index (κ3) is 4.63. The van der Waals surface area contributed by atoms with Crippen LogP contribution in [0.4, 0.5) is 5.69 Å². The van der Waals surface area contributed by atoms with Gasteiger partial charge in [0, 0.05) is 31.7 Å². The summed E-state index contributed by atoms with van der Waals surface area (Å²) < 4.78 is 32.1. The van der Waals surface area contributed by atoms with E-state index in [2.05, 4.69) is 5.32 Å². The predicted octanol–water partition coefficient (Wildman–Crippen LogP) is 2.20. The van der Waals surface area contributed by atoms with Crippen molar-refractivity contribution in [2.75, 3.05) is 44.7 Å². The molecule has 0 bridgehead atoms. The molecular weight excluding hydrogens is 418 g/mol. The molecule has 0 saturated carbocycles. The summed E-state index contributed by atoms with van der Waals surface area (Å²) in [6.07, 6.45) is 1.97. The molecule has 31 heavy (non-hydrogen) atoms. The van der Waals surface area contributed by atoms with E-state index < -0.39 is 15.9 Å².